The Labute approximate surface area is 252 Å². The van der Waals surface area contributed by atoms with Crippen LogP contribution in [0.2, 0.25) is 0 Å². The van der Waals surface area contributed by atoms with Gasteiger partial charge in [0.25, 0.3) is 5.91 Å². The number of hydrogen-bond acceptors (Lipinski definition) is 7. The third kappa shape index (κ3) is 9.96. The van der Waals surface area contributed by atoms with E-state index in [9.17, 15) is 23.5 Å². The topological polar surface area (TPSA) is 137 Å². The Morgan fingerprint density at radius 1 is 1.07 bits per heavy atom. The van der Waals surface area contributed by atoms with Gasteiger partial charge in [-0.1, -0.05) is 51.5 Å². The number of carbonyl (C=O) groups excluding carboxylic acids is 2. The SMILES string of the molecule is CCCCC1(C(C)C[C@@H](OC(N)=O)C(=O)N(Cc2cccc(CC)c2)C[C@@H](O)[C@@H](N)Cc2cc(F)cc(F)c2)OCCO1. The van der Waals surface area contributed by atoms with Crippen molar-refractivity contribution in [2.24, 2.45) is 17.4 Å². The van der Waals surface area contributed by atoms with Gasteiger partial charge in [0.1, 0.15) is 11.6 Å². The molecule has 1 aliphatic rings. The summed E-state index contributed by atoms with van der Waals surface area (Å²) >= 11 is 0. The second-order valence-electron chi connectivity index (χ2n) is 11.3. The molecular formula is C32H45F2N3O6. The minimum atomic E-state index is -1.28. The van der Waals surface area contributed by atoms with Gasteiger partial charge >= 0.3 is 6.09 Å². The first-order valence-electron chi connectivity index (χ1n) is 15.0. The lowest BCUT2D eigenvalue weighted by Gasteiger charge is -2.36. The van der Waals surface area contributed by atoms with Crippen LogP contribution in [-0.2, 0) is 38.4 Å². The number of nitrogens with zero attached hydrogens (tertiary/aromatic N) is 1. The summed E-state index contributed by atoms with van der Waals surface area (Å²) in [6.07, 6.45) is -0.459. The quantitative estimate of drug-likeness (QED) is 0.261. The van der Waals surface area contributed by atoms with Crippen LogP contribution < -0.4 is 11.5 Å². The first-order valence-corrected chi connectivity index (χ1v) is 15.0. The van der Waals surface area contributed by atoms with Gasteiger partial charge in [-0.15, -0.1) is 0 Å². The predicted molar refractivity (Wildman–Crippen MR) is 158 cm³/mol. The van der Waals surface area contributed by atoms with E-state index in [-0.39, 0.29) is 37.4 Å². The summed E-state index contributed by atoms with van der Waals surface area (Å²) in [6, 6.07) is 9.75. The molecule has 2 aromatic rings. The fourth-order valence-electron chi connectivity index (χ4n) is 5.51. The third-order valence-corrected chi connectivity index (χ3v) is 7.89. The monoisotopic (exact) mass is 605 g/mol. The van der Waals surface area contributed by atoms with Crippen molar-refractivity contribution in [1.82, 2.24) is 4.90 Å². The molecule has 1 aliphatic heterocycles. The molecule has 3 rings (SSSR count). The van der Waals surface area contributed by atoms with E-state index >= 15 is 0 Å². The summed E-state index contributed by atoms with van der Waals surface area (Å²) in [7, 11) is 0. The van der Waals surface area contributed by atoms with Crippen LogP contribution in [0.1, 0.15) is 63.1 Å². The van der Waals surface area contributed by atoms with E-state index in [1.807, 2.05) is 38.1 Å². The maximum atomic E-state index is 14.1. The number of halogens is 2. The van der Waals surface area contributed by atoms with Gasteiger partial charge < -0.3 is 35.7 Å². The number of benzene rings is 2. The van der Waals surface area contributed by atoms with Crippen molar-refractivity contribution in [2.75, 3.05) is 19.8 Å². The molecule has 4 atom stereocenters. The lowest BCUT2D eigenvalue weighted by molar-refractivity contribution is -0.203. The van der Waals surface area contributed by atoms with Gasteiger partial charge in [-0.25, -0.2) is 13.6 Å². The number of aliphatic hydroxyl groups is 1. The number of amides is 2. The summed E-state index contributed by atoms with van der Waals surface area (Å²) in [6.45, 7) is 6.65. The van der Waals surface area contributed by atoms with Crippen LogP contribution in [0.4, 0.5) is 13.6 Å². The molecule has 5 N–H and O–H groups in total. The molecule has 0 spiro atoms. The number of carbonyl (C=O) groups is 2. The van der Waals surface area contributed by atoms with Crippen LogP contribution in [0.5, 0.6) is 0 Å². The average Bonchev–Trinajstić information content (AvgIpc) is 3.44. The van der Waals surface area contributed by atoms with Crippen molar-refractivity contribution in [2.45, 2.75) is 89.9 Å². The third-order valence-electron chi connectivity index (χ3n) is 7.89. The normalized spacial score (nSPS) is 17.2. The summed E-state index contributed by atoms with van der Waals surface area (Å²) in [4.78, 5) is 27.4. The van der Waals surface area contributed by atoms with E-state index in [4.69, 9.17) is 25.7 Å². The maximum Gasteiger partial charge on any atom is 0.405 e. The Morgan fingerprint density at radius 2 is 1.72 bits per heavy atom. The second-order valence-corrected chi connectivity index (χ2v) is 11.3. The van der Waals surface area contributed by atoms with Crippen LogP contribution in [0.3, 0.4) is 0 Å². The van der Waals surface area contributed by atoms with E-state index < -0.39 is 47.7 Å². The fraction of sp³-hybridized carbons (Fsp3) is 0.562. The van der Waals surface area contributed by atoms with Crippen molar-refractivity contribution in [1.29, 1.82) is 0 Å². The first kappa shape index (κ1) is 34.4. The molecule has 11 heteroatoms. The van der Waals surface area contributed by atoms with Crippen molar-refractivity contribution in [3.63, 3.8) is 0 Å². The number of hydrogen-bond donors (Lipinski definition) is 3. The molecule has 238 valence electrons. The van der Waals surface area contributed by atoms with Crippen LogP contribution in [-0.4, -0.2) is 65.8 Å². The molecule has 1 fully saturated rings. The van der Waals surface area contributed by atoms with Crippen molar-refractivity contribution in [3.05, 3.63) is 70.8 Å². The van der Waals surface area contributed by atoms with E-state index in [1.54, 1.807) is 0 Å². The number of aliphatic hydroxyl groups excluding tert-OH is 1. The Balaban J connectivity index is 1.86. The molecule has 0 aromatic heterocycles. The highest BCUT2D eigenvalue weighted by Crippen LogP contribution is 2.36. The fourth-order valence-corrected chi connectivity index (χ4v) is 5.51. The zero-order valence-corrected chi connectivity index (χ0v) is 25.3. The van der Waals surface area contributed by atoms with Gasteiger partial charge in [-0.3, -0.25) is 4.79 Å². The molecule has 2 aromatic carbocycles. The molecule has 0 bridgehead atoms. The number of nitrogens with two attached hydrogens (primary N) is 2. The van der Waals surface area contributed by atoms with E-state index in [1.165, 1.54) is 4.90 Å². The largest absolute Gasteiger partial charge is 0.436 e. The minimum absolute atomic E-state index is 0.0317. The molecule has 9 nitrogen and oxygen atoms in total. The molecule has 1 unspecified atom stereocenters. The summed E-state index contributed by atoms with van der Waals surface area (Å²) < 4.78 is 44.9. The standard InChI is InChI=1S/C32H45F2N3O6/c1-4-6-10-32(41-11-12-42-32)21(3)13-29(43-31(36)40)30(39)37(19-23-9-7-8-22(5-2)14-23)20-28(38)27(35)17-24-15-25(33)18-26(34)16-24/h7-9,14-16,18,21,27-29,38H,4-6,10-13,17,19-20,35H2,1-3H3,(H2,36,40)/t21?,27-,28+,29+/m0/s1. The van der Waals surface area contributed by atoms with Crippen LogP contribution in [0.25, 0.3) is 0 Å². The maximum absolute atomic E-state index is 14.1. The van der Waals surface area contributed by atoms with Crippen LogP contribution in [0.15, 0.2) is 42.5 Å². The molecule has 0 saturated carbocycles. The van der Waals surface area contributed by atoms with Crippen molar-refractivity contribution in [3.8, 4) is 0 Å². The van der Waals surface area contributed by atoms with Gasteiger partial charge in [0.2, 0.25) is 0 Å². The molecule has 1 saturated heterocycles. The molecule has 2 amide bonds. The number of rotatable bonds is 16. The summed E-state index contributed by atoms with van der Waals surface area (Å²) in [5, 5.41) is 11.1. The average molecular weight is 606 g/mol. The molecule has 1 heterocycles. The van der Waals surface area contributed by atoms with Gasteiger partial charge in [0.05, 0.1) is 19.3 Å². The smallest absolute Gasteiger partial charge is 0.405 e. The van der Waals surface area contributed by atoms with Crippen LogP contribution in [0, 0.1) is 17.6 Å². The van der Waals surface area contributed by atoms with Gasteiger partial charge in [0.15, 0.2) is 11.9 Å². The molecular weight excluding hydrogens is 560 g/mol. The van der Waals surface area contributed by atoms with Crippen LogP contribution >= 0.6 is 0 Å². The van der Waals surface area contributed by atoms with Gasteiger partial charge in [-0.2, -0.15) is 0 Å². The Morgan fingerprint density at radius 3 is 2.33 bits per heavy atom. The summed E-state index contributed by atoms with van der Waals surface area (Å²) in [5.41, 5.74) is 13.8. The van der Waals surface area contributed by atoms with E-state index in [2.05, 4.69) is 6.92 Å². The Kier molecular flexibility index (Phi) is 12.9. The van der Waals surface area contributed by atoms with Gasteiger partial charge in [0, 0.05) is 44.0 Å². The van der Waals surface area contributed by atoms with Gasteiger partial charge in [-0.05, 0) is 48.1 Å². The highest BCUT2D eigenvalue weighted by molar-refractivity contribution is 5.83. The number of ether oxygens (including phenoxy) is 3. The van der Waals surface area contributed by atoms with E-state index in [0.29, 0.717) is 19.6 Å². The zero-order chi connectivity index (χ0) is 31.6. The molecule has 0 radical (unpaired) electrons. The molecule has 43 heavy (non-hydrogen) atoms. The molecule has 0 aliphatic carbocycles. The van der Waals surface area contributed by atoms with E-state index in [0.717, 1.165) is 48.6 Å². The first-order chi connectivity index (χ1) is 20.5. The second kappa shape index (κ2) is 16.1. The van der Waals surface area contributed by atoms with Crippen molar-refractivity contribution >= 4 is 12.0 Å². The Bertz CT molecular complexity index is 1190. The lowest BCUT2D eigenvalue weighted by Crippen LogP contribution is -2.51. The summed E-state index contributed by atoms with van der Waals surface area (Å²) in [5.74, 6) is -3.33. The minimum Gasteiger partial charge on any atom is -0.436 e. The zero-order valence-electron chi connectivity index (χ0n) is 25.3. The lowest BCUT2D eigenvalue weighted by atomic mass is 9.89. The Hall–Kier alpha value is -3.12. The van der Waals surface area contributed by atoms with Crippen molar-refractivity contribution < 1.29 is 37.7 Å². The highest BCUT2D eigenvalue weighted by Gasteiger charge is 2.44. The highest BCUT2D eigenvalue weighted by atomic mass is 19.1. The number of unbranched alkanes of at least 4 members (excludes halogenated alkanes) is 1. The number of primary amides is 1. The number of aryl methyl sites for hydroxylation is 1. The predicted octanol–water partition coefficient (Wildman–Crippen LogP) is 4.21.